The number of nitrogens with zero attached hydrogens (tertiary/aromatic N) is 1. The number of benzene rings is 3. The maximum absolute atomic E-state index is 14.3. The number of hydrogen-bond acceptors (Lipinski definition) is 4. The van der Waals surface area contributed by atoms with Gasteiger partial charge < -0.3 is 10.1 Å². The van der Waals surface area contributed by atoms with Gasteiger partial charge in [0.25, 0.3) is 11.8 Å². The highest BCUT2D eigenvalue weighted by Gasteiger charge is 2.30. The Bertz CT molecular complexity index is 1400. The number of para-hydroxylation sites is 2. The first-order valence-corrected chi connectivity index (χ1v) is 11.9. The van der Waals surface area contributed by atoms with Crippen molar-refractivity contribution in [2.75, 3.05) is 4.90 Å². The van der Waals surface area contributed by atoms with Crippen molar-refractivity contribution >= 4 is 34.9 Å². The second kappa shape index (κ2) is 9.95. The largest absolute Gasteiger partial charge is 0.449 e. The van der Waals surface area contributed by atoms with Crippen LogP contribution in [0.4, 0.5) is 10.1 Å². The molecule has 0 bridgehead atoms. The third kappa shape index (κ3) is 5.00. The van der Waals surface area contributed by atoms with Crippen LogP contribution in [0.1, 0.15) is 26.4 Å². The maximum Gasteiger partial charge on any atom is 0.294 e. The van der Waals surface area contributed by atoms with Gasteiger partial charge >= 0.3 is 0 Å². The van der Waals surface area contributed by atoms with Crippen LogP contribution in [0.25, 0.3) is 6.08 Å². The van der Waals surface area contributed by atoms with Gasteiger partial charge in [-0.2, -0.15) is 0 Å². The quantitative estimate of drug-likeness (QED) is 0.353. The van der Waals surface area contributed by atoms with Crippen molar-refractivity contribution in [3.8, 4) is 5.75 Å². The monoisotopic (exact) mass is 484 g/mol. The molecule has 0 unspecified atom stereocenters. The van der Waals surface area contributed by atoms with Gasteiger partial charge in [-0.25, -0.2) is 4.39 Å². The third-order valence-electron chi connectivity index (χ3n) is 5.59. The number of carbonyl (C=O) groups excluding carboxylic acids is 2. The Kier molecular flexibility index (Phi) is 6.41. The number of thiophene rings is 1. The first-order chi connectivity index (χ1) is 17.1. The summed E-state index contributed by atoms with van der Waals surface area (Å²) in [6.07, 6.45) is 1.62. The summed E-state index contributed by atoms with van der Waals surface area (Å²) < 4.78 is 20.2. The highest BCUT2D eigenvalue weighted by molar-refractivity contribution is 7.09. The van der Waals surface area contributed by atoms with Crippen LogP contribution < -0.4 is 15.0 Å². The lowest BCUT2D eigenvalue weighted by Crippen LogP contribution is -2.37. The molecule has 5 rings (SSSR count). The van der Waals surface area contributed by atoms with Crippen molar-refractivity contribution < 1.29 is 18.7 Å². The molecule has 7 heteroatoms. The van der Waals surface area contributed by atoms with Crippen LogP contribution >= 0.6 is 11.3 Å². The van der Waals surface area contributed by atoms with Crippen molar-refractivity contribution in [1.82, 2.24) is 5.32 Å². The molecule has 174 valence electrons. The molecule has 0 atom stereocenters. The fourth-order valence-corrected chi connectivity index (χ4v) is 4.43. The second-order valence-corrected chi connectivity index (χ2v) is 8.98. The summed E-state index contributed by atoms with van der Waals surface area (Å²) in [6, 6.07) is 24.4. The topological polar surface area (TPSA) is 58.6 Å². The van der Waals surface area contributed by atoms with Gasteiger partial charge in [0.05, 0.1) is 18.8 Å². The van der Waals surface area contributed by atoms with Crippen LogP contribution in [-0.2, 0) is 17.9 Å². The molecule has 0 aliphatic carbocycles. The molecule has 2 heterocycles. The Balaban J connectivity index is 1.36. The van der Waals surface area contributed by atoms with Crippen LogP contribution in [0.3, 0.4) is 0 Å². The highest BCUT2D eigenvalue weighted by atomic mass is 32.1. The van der Waals surface area contributed by atoms with Gasteiger partial charge in [0, 0.05) is 16.0 Å². The molecule has 1 N–H and O–H groups in total. The van der Waals surface area contributed by atoms with Gasteiger partial charge in [-0.15, -0.1) is 11.3 Å². The van der Waals surface area contributed by atoms with Gasteiger partial charge in [-0.1, -0.05) is 48.5 Å². The van der Waals surface area contributed by atoms with E-state index in [0.29, 0.717) is 34.7 Å². The zero-order valence-electron chi connectivity index (χ0n) is 18.6. The van der Waals surface area contributed by atoms with Crippen molar-refractivity contribution in [3.63, 3.8) is 0 Å². The first-order valence-electron chi connectivity index (χ1n) is 11.0. The van der Waals surface area contributed by atoms with Crippen LogP contribution in [0.15, 0.2) is 96.1 Å². The predicted molar refractivity (Wildman–Crippen MR) is 135 cm³/mol. The SMILES string of the molecule is O=C(NCc1cccs1)c1ccc(C=C2Oc3ccccc3N(Cc3ccccc3F)C2=O)cc1. The summed E-state index contributed by atoms with van der Waals surface area (Å²) >= 11 is 1.59. The Morgan fingerprint density at radius 3 is 2.51 bits per heavy atom. The molecule has 5 nitrogen and oxygen atoms in total. The van der Waals surface area contributed by atoms with Crippen LogP contribution in [0.2, 0.25) is 0 Å². The second-order valence-electron chi connectivity index (χ2n) is 7.95. The van der Waals surface area contributed by atoms with E-state index in [1.165, 1.54) is 11.0 Å². The molecule has 2 amide bonds. The Morgan fingerprint density at radius 1 is 0.971 bits per heavy atom. The van der Waals surface area contributed by atoms with Gasteiger partial charge in [0.1, 0.15) is 5.82 Å². The normalized spacial score (nSPS) is 13.9. The maximum atomic E-state index is 14.3. The number of fused-ring (bicyclic) bond motifs is 1. The summed E-state index contributed by atoms with van der Waals surface area (Å²) in [6.45, 7) is 0.550. The molecule has 0 saturated heterocycles. The van der Waals surface area contributed by atoms with Crippen molar-refractivity contribution in [3.05, 3.63) is 123 Å². The number of rotatable bonds is 6. The van der Waals surface area contributed by atoms with E-state index in [1.807, 2.05) is 23.6 Å². The number of carbonyl (C=O) groups is 2. The Labute approximate surface area is 206 Å². The molecule has 1 aliphatic heterocycles. The van der Waals surface area contributed by atoms with E-state index in [2.05, 4.69) is 5.32 Å². The first kappa shape index (κ1) is 22.6. The molecule has 1 aliphatic rings. The number of halogens is 1. The molecule has 0 saturated carbocycles. The summed E-state index contributed by atoms with van der Waals surface area (Å²) in [5.74, 6) is -0.283. The zero-order chi connectivity index (χ0) is 24.2. The number of hydrogen-bond donors (Lipinski definition) is 1. The average molecular weight is 485 g/mol. The molecule has 0 spiro atoms. The van der Waals surface area contributed by atoms with Crippen molar-refractivity contribution in [2.45, 2.75) is 13.1 Å². The molecule has 0 radical (unpaired) electrons. The minimum atomic E-state index is -0.372. The van der Waals surface area contributed by atoms with E-state index >= 15 is 0 Å². The van der Waals surface area contributed by atoms with E-state index in [0.717, 1.165) is 4.88 Å². The third-order valence-corrected chi connectivity index (χ3v) is 6.47. The van der Waals surface area contributed by atoms with Crippen LogP contribution in [-0.4, -0.2) is 11.8 Å². The number of amides is 2. The fraction of sp³-hybridized carbons (Fsp3) is 0.0714. The van der Waals surface area contributed by atoms with Crippen molar-refractivity contribution in [1.29, 1.82) is 0 Å². The number of ether oxygens (including phenoxy) is 1. The Hall–Kier alpha value is -4.23. The lowest BCUT2D eigenvalue weighted by atomic mass is 10.1. The van der Waals surface area contributed by atoms with E-state index in [4.69, 9.17) is 4.74 Å². The molecule has 3 aromatic carbocycles. The van der Waals surface area contributed by atoms with Gasteiger partial charge in [0.15, 0.2) is 11.5 Å². The van der Waals surface area contributed by atoms with Gasteiger partial charge in [-0.3, -0.25) is 14.5 Å². The fourth-order valence-electron chi connectivity index (χ4n) is 3.78. The summed E-state index contributed by atoms with van der Waals surface area (Å²) in [5, 5.41) is 4.86. The van der Waals surface area contributed by atoms with Crippen molar-refractivity contribution in [2.24, 2.45) is 0 Å². The Morgan fingerprint density at radius 2 is 1.74 bits per heavy atom. The van der Waals surface area contributed by atoms with E-state index in [9.17, 15) is 14.0 Å². The molecule has 0 fully saturated rings. The molecular weight excluding hydrogens is 463 g/mol. The molecule has 35 heavy (non-hydrogen) atoms. The molecule has 1 aromatic heterocycles. The number of nitrogens with one attached hydrogen (secondary N) is 1. The van der Waals surface area contributed by atoms with Gasteiger partial charge in [-0.05, 0) is 53.4 Å². The molecular formula is C28H21FN2O3S. The van der Waals surface area contributed by atoms with E-state index < -0.39 is 0 Å². The standard InChI is InChI=1S/C28H21FN2O3S/c29-23-8-2-1-6-21(23)18-31-24-9-3-4-10-25(24)34-26(28(31)33)16-19-11-13-20(14-12-19)27(32)30-17-22-7-5-15-35-22/h1-16H,17-18H2,(H,30,32). The summed E-state index contributed by atoms with van der Waals surface area (Å²) in [7, 11) is 0. The number of anilines is 1. The summed E-state index contributed by atoms with van der Waals surface area (Å²) in [4.78, 5) is 28.4. The smallest absolute Gasteiger partial charge is 0.294 e. The van der Waals surface area contributed by atoms with Gasteiger partial charge in [0.2, 0.25) is 0 Å². The zero-order valence-corrected chi connectivity index (χ0v) is 19.4. The minimum absolute atomic E-state index is 0.0760. The predicted octanol–water partition coefficient (Wildman–Crippen LogP) is 5.78. The molecule has 4 aromatic rings. The highest BCUT2D eigenvalue weighted by Crippen LogP contribution is 2.36. The minimum Gasteiger partial charge on any atom is -0.449 e. The lowest BCUT2D eigenvalue weighted by molar-refractivity contribution is -0.117. The van der Waals surface area contributed by atoms with Crippen LogP contribution in [0, 0.1) is 5.82 Å². The lowest BCUT2D eigenvalue weighted by Gasteiger charge is -2.30. The summed E-state index contributed by atoms with van der Waals surface area (Å²) in [5.41, 5.74) is 2.21. The van der Waals surface area contributed by atoms with E-state index in [-0.39, 0.29) is 29.9 Å². The van der Waals surface area contributed by atoms with Crippen LogP contribution in [0.5, 0.6) is 5.75 Å². The van der Waals surface area contributed by atoms with E-state index in [1.54, 1.807) is 78.1 Å². The average Bonchev–Trinajstić information content (AvgIpc) is 3.40.